The highest BCUT2D eigenvalue weighted by Gasteiger charge is 2.21. The number of aliphatic hydroxyl groups excluding tert-OH is 1. The molecule has 1 heterocycles. The van der Waals surface area contributed by atoms with E-state index in [0.29, 0.717) is 23.3 Å². The predicted molar refractivity (Wildman–Crippen MR) is 128 cm³/mol. The van der Waals surface area contributed by atoms with Gasteiger partial charge in [-0.1, -0.05) is 36.4 Å². The maximum Gasteiger partial charge on any atom is 0.329 e. The fourth-order valence-electron chi connectivity index (χ4n) is 3.92. The zero-order valence-corrected chi connectivity index (χ0v) is 19.6. The summed E-state index contributed by atoms with van der Waals surface area (Å²) < 4.78 is 35.2. The SMILES string of the molecule is CCn1c(=O)n(CC(O)COc2cccc3ccccc23)c2cc(S(=O)(=O)N(C)C)ccc21. The Hall–Kier alpha value is -3.14. The van der Waals surface area contributed by atoms with Crippen molar-refractivity contribution in [2.75, 3.05) is 20.7 Å². The van der Waals surface area contributed by atoms with E-state index in [1.807, 2.05) is 49.4 Å². The monoisotopic (exact) mass is 469 g/mol. The van der Waals surface area contributed by atoms with E-state index in [2.05, 4.69) is 0 Å². The van der Waals surface area contributed by atoms with E-state index in [9.17, 15) is 18.3 Å². The highest BCUT2D eigenvalue weighted by atomic mass is 32.2. The molecule has 0 spiro atoms. The van der Waals surface area contributed by atoms with Gasteiger partial charge >= 0.3 is 5.69 Å². The Bertz CT molecular complexity index is 1470. The Morgan fingerprint density at radius 1 is 1.00 bits per heavy atom. The second kappa shape index (κ2) is 9.01. The van der Waals surface area contributed by atoms with Crippen LogP contribution in [0.4, 0.5) is 0 Å². The number of benzene rings is 3. The summed E-state index contributed by atoms with van der Waals surface area (Å²) in [4.78, 5) is 13.1. The van der Waals surface area contributed by atoms with Gasteiger partial charge in [-0.15, -0.1) is 0 Å². The van der Waals surface area contributed by atoms with Crippen LogP contribution in [-0.4, -0.2) is 53.8 Å². The molecule has 0 saturated heterocycles. The minimum absolute atomic E-state index is 0.0189. The fraction of sp³-hybridized carbons (Fsp3) is 0.292. The average molecular weight is 470 g/mol. The molecule has 4 rings (SSSR count). The number of aryl methyl sites for hydroxylation is 1. The first-order valence-electron chi connectivity index (χ1n) is 10.7. The maximum atomic E-state index is 13.0. The lowest BCUT2D eigenvalue weighted by molar-refractivity contribution is 0.0932. The summed E-state index contributed by atoms with van der Waals surface area (Å²) in [6, 6.07) is 18.1. The van der Waals surface area contributed by atoms with E-state index in [4.69, 9.17) is 4.74 Å². The number of hydrogen-bond donors (Lipinski definition) is 1. The van der Waals surface area contributed by atoms with Gasteiger partial charge in [0.15, 0.2) is 0 Å². The van der Waals surface area contributed by atoms with Crippen molar-refractivity contribution in [1.82, 2.24) is 13.4 Å². The molecule has 0 aliphatic rings. The smallest absolute Gasteiger partial charge is 0.329 e. The van der Waals surface area contributed by atoms with Crippen LogP contribution in [0.1, 0.15) is 6.92 Å². The van der Waals surface area contributed by atoms with Gasteiger partial charge in [-0.2, -0.15) is 0 Å². The number of hydrogen-bond acceptors (Lipinski definition) is 5. The number of rotatable bonds is 8. The predicted octanol–water partition coefficient (Wildman–Crippen LogP) is 2.67. The van der Waals surface area contributed by atoms with Gasteiger partial charge in [-0.3, -0.25) is 9.13 Å². The summed E-state index contributed by atoms with van der Waals surface area (Å²) >= 11 is 0. The van der Waals surface area contributed by atoms with Crippen LogP contribution in [0.5, 0.6) is 5.75 Å². The molecule has 0 saturated carbocycles. The van der Waals surface area contributed by atoms with Crippen molar-refractivity contribution in [1.29, 1.82) is 0 Å². The van der Waals surface area contributed by atoms with Crippen molar-refractivity contribution in [3.63, 3.8) is 0 Å². The van der Waals surface area contributed by atoms with Gasteiger partial charge in [0.1, 0.15) is 18.5 Å². The lowest BCUT2D eigenvalue weighted by atomic mass is 10.1. The molecule has 0 bridgehead atoms. The third kappa shape index (κ3) is 4.27. The number of aromatic nitrogens is 2. The van der Waals surface area contributed by atoms with Crippen LogP contribution >= 0.6 is 0 Å². The summed E-state index contributed by atoms with van der Waals surface area (Å²) in [5, 5.41) is 12.7. The molecule has 8 nitrogen and oxygen atoms in total. The zero-order valence-electron chi connectivity index (χ0n) is 18.8. The standard InChI is InChI=1S/C24H27N3O5S/c1-4-26-21-13-12-19(33(30,31)25(2)3)14-22(21)27(24(26)29)15-18(28)16-32-23-11-7-9-17-8-5-6-10-20(17)23/h5-14,18,28H,4,15-16H2,1-3H3. The van der Waals surface area contributed by atoms with Gasteiger partial charge in [0.05, 0.1) is 22.5 Å². The number of aliphatic hydroxyl groups is 1. The number of imidazole rings is 1. The number of nitrogens with zero attached hydrogens (tertiary/aromatic N) is 3. The quantitative estimate of drug-likeness (QED) is 0.428. The van der Waals surface area contributed by atoms with Crippen LogP contribution < -0.4 is 10.4 Å². The minimum Gasteiger partial charge on any atom is -0.490 e. The Balaban J connectivity index is 1.64. The second-order valence-electron chi connectivity index (χ2n) is 8.02. The summed E-state index contributed by atoms with van der Waals surface area (Å²) in [7, 11) is -0.756. The van der Waals surface area contributed by atoms with Crippen LogP contribution in [0.2, 0.25) is 0 Å². The molecule has 3 aromatic carbocycles. The van der Waals surface area contributed by atoms with Crippen molar-refractivity contribution in [2.45, 2.75) is 31.0 Å². The van der Waals surface area contributed by atoms with Crippen LogP contribution in [0.15, 0.2) is 70.4 Å². The molecule has 0 aliphatic carbocycles. The molecule has 4 aromatic rings. The first-order chi connectivity index (χ1) is 15.7. The van der Waals surface area contributed by atoms with E-state index in [1.165, 1.54) is 30.8 Å². The molecule has 0 radical (unpaired) electrons. The molecule has 1 unspecified atom stereocenters. The third-order valence-corrected chi connectivity index (χ3v) is 7.47. The van der Waals surface area contributed by atoms with Crippen molar-refractivity contribution in [3.8, 4) is 5.75 Å². The zero-order chi connectivity index (χ0) is 23.8. The maximum absolute atomic E-state index is 13.0. The molecule has 9 heteroatoms. The highest BCUT2D eigenvalue weighted by Crippen LogP contribution is 2.25. The first kappa shape index (κ1) is 23.0. The van der Waals surface area contributed by atoms with Crippen molar-refractivity contribution >= 4 is 31.8 Å². The summed E-state index contributed by atoms with van der Waals surface area (Å²) in [5.74, 6) is 0.648. The number of sulfonamides is 1. The molecule has 174 valence electrons. The Labute approximate surface area is 192 Å². The van der Waals surface area contributed by atoms with Crippen LogP contribution in [-0.2, 0) is 23.1 Å². The van der Waals surface area contributed by atoms with Crippen molar-refractivity contribution in [2.24, 2.45) is 0 Å². The molecular weight excluding hydrogens is 442 g/mol. The molecular formula is C24H27N3O5S. The number of ether oxygens (including phenoxy) is 1. The molecule has 0 fully saturated rings. The molecule has 1 aromatic heterocycles. The third-order valence-electron chi connectivity index (χ3n) is 5.66. The number of fused-ring (bicyclic) bond motifs is 2. The highest BCUT2D eigenvalue weighted by molar-refractivity contribution is 7.89. The summed E-state index contributed by atoms with van der Waals surface area (Å²) in [5.41, 5.74) is 0.757. The topological polar surface area (TPSA) is 93.8 Å². The summed E-state index contributed by atoms with van der Waals surface area (Å²) in [6.45, 7) is 2.22. The first-order valence-corrected chi connectivity index (χ1v) is 12.1. The van der Waals surface area contributed by atoms with Crippen molar-refractivity contribution in [3.05, 3.63) is 71.1 Å². The Morgan fingerprint density at radius 2 is 1.73 bits per heavy atom. The van der Waals surface area contributed by atoms with Gasteiger partial charge in [-0.05, 0) is 36.6 Å². The van der Waals surface area contributed by atoms with Gasteiger partial charge in [0.25, 0.3) is 0 Å². The van der Waals surface area contributed by atoms with E-state index in [-0.39, 0.29) is 23.7 Å². The van der Waals surface area contributed by atoms with E-state index in [0.717, 1.165) is 15.1 Å². The van der Waals surface area contributed by atoms with E-state index >= 15 is 0 Å². The van der Waals surface area contributed by atoms with E-state index < -0.39 is 16.1 Å². The van der Waals surface area contributed by atoms with Crippen molar-refractivity contribution < 1.29 is 18.3 Å². The second-order valence-corrected chi connectivity index (χ2v) is 10.2. The van der Waals surface area contributed by atoms with Crippen LogP contribution in [0.3, 0.4) is 0 Å². The lowest BCUT2D eigenvalue weighted by Gasteiger charge is -2.15. The molecule has 1 atom stereocenters. The largest absolute Gasteiger partial charge is 0.490 e. The Morgan fingerprint density at radius 3 is 2.45 bits per heavy atom. The molecule has 0 aliphatic heterocycles. The van der Waals surface area contributed by atoms with Crippen LogP contribution in [0.25, 0.3) is 21.8 Å². The Kier molecular flexibility index (Phi) is 6.29. The van der Waals surface area contributed by atoms with Crippen LogP contribution in [0, 0.1) is 0 Å². The van der Waals surface area contributed by atoms with Gasteiger partial charge in [0.2, 0.25) is 10.0 Å². The lowest BCUT2D eigenvalue weighted by Crippen LogP contribution is -2.31. The fourth-order valence-corrected chi connectivity index (χ4v) is 4.85. The van der Waals surface area contributed by atoms with Gasteiger partial charge in [-0.25, -0.2) is 17.5 Å². The molecule has 1 N–H and O–H groups in total. The van der Waals surface area contributed by atoms with Gasteiger partial charge in [0, 0.05) is 26.0 Å². The molecule has 0 amide bonds. The normalized spacial score (nSPS) is 13.1. The minimum atomic E-state index is -3.67. The van der Waals surface area contributed by atoms with Gasteiger partial charge < -0.3 is 9.84 Å². The average Bonchev–Trinajstić information content (AvgIpc) is 3.07. The summed E-state index contributed by atoms with van der Waals surface area (Å²) in [6.07, 6.45) is -0.980. The molecule has 33 heavy (non-hydrogen) atoms. The van der Waals surface area contributed by atoms with E-state index in [1.54, 1.807) is 10.6 Å².